The van der Waals surface area contributed by atoms with Gasteiger partial charge in [-0.25, -0.2) is 13.6 Å². The predicted molar refractivity (Wildman–Crippen MR) is 81.7 cm³/mol. The summed E-state index contributed by atoms with van der Waals surface area (Å²) >= 11 is 3.23. The van der Waals surface area contributed by atoms with E-state index in [0.29, 0.717) is 10.2 Å². The number of benzene rings is 2. The standard InChI is InChI=1S/C16H11BrF2O4/c1-22-15-5-3-10(6-11(15)17)16(21)23-8-14(20)9-2-4-12(18)13(19)7-9/h2-7H,8H2,1H3. The second kappa shape index (κ2) is 7.32. The number of methoxy groups -OCH3 is 1. The van der Waals surface area contributed by atoms with Gasteiger partial charge in [-0.2, -0.15) is 0 Å². The number of hydrogen-bond acceptors (Lipinski definition) is 4. The van der Waals surface area contributed by atoms with E-state index in [-0.39, 0.29) is 11.1 Å². The Bertz CT molecular complexity index is 762. The Morgan fingerprint density at radius 1 is 1.04 bits per heavy atom. The first-order valence-corrected chi connectivity index (χ1v) is 7.20. The van der Waals surface area contributed by atoms with Crippen molar-refractivity contribution in [1.29, 1.82) is 0 Å². The molecule has 2 aromatic carbocycles. The highest BCUT2D eigenvalue weighted by atomic mass is 79.9. The Morgan fingerprint density at radius 2 is 1.74 bits per heavy atom. The van der Waals surface area contributed by atoms with Gasteiger partial charge in [0.25, 0.3) is 0 Å². The van der Waals surface area contributed by atoms with Crippen LogP contribution in [-0.4, -0.2) is 25.5 Å². The molecule has 0 aliphatic carbocycles. The van der Waals surface area contributed by atoms with Crippen molar-refractivity contribution in [2.45, 2.75) is 0 Å². The molecule has 0 spiro atoms. The SMILES string of the molecule is COc1ccc(C(=O)OCC(=O)c2ccc(F)c(F)c2)cc1Br. The van der Waals surface area contributed by atoms with Gasteiger partial charge in [0, 0.05) is 5.56 Å². The van der Waals surface area contributed by atoms with Crippen LogP contribution in [0.15, 0.2) is 40.9 Å². The molecule has 23 heavy (non-hydrogen) atoms. The van der Waals surface area contributed by atoms with E-state index >= 15 is 0 Å². The minimum absolute atomic E-state index is 0.0763. The molecule has 0 unspecified atom stereocenters. The average molecular weight is 385 g/mol. The summed E-state index contributed by atoms with van der Waals surface area (Å²) in [5.41, 5.74) is 0.142. The number of carbonyl (C=O) groups excluding carboxylic acids is 2. The summed E-state index contributed by atoms with van der Waals surface area (Å²) < 4.78 is 36.3. The monoisotopic (exact) mass is 384 g/mol. The maximum absolute atomic E-state index is 13.1. The van der Waals surface area contributed by atoms with E-state index in [4.69, 9.17) is 9.47 Å². The lowest BCUT2D eigenvalue weighted by Gasteiger charge is -2.07. The first kappa shape index (κ1) is 17.1. The molecule has 0 N–H and O–H groups in total. The number of ether oxygens (including phenoxy) is 2. The molecule has 120 valence electrons. The molecule has 0 heterocycles. The van der Waals surface area contributed by atoms with E-state index in [2.05, 4.69) is 15.9 Å². The van der Waals surface area contributed by atoms with Crippen molar-refractivity contribution in [3.05, 3.63) is 63.6 Å². The second-order valence-electron chi connectivity index (χ2n) is 4.48. The minimum atomic E-state index is -1.14. The van der Waals surface area contributed by atoms with Gasteiger partial charge in [0.2, 0.25) is 0 Å². The van der Waals surface area contributed by atoms with Gasteiger partial charge in [-0.05, 0) is 52.3 Å². The zero-order valence-corrected chi connectivity index (χ0v) is 13.5. The van der Waals surface area contributed by atoms with Crippen LogP contribution < -0.4 is 4.74 Å². The van der Waals surface area contributed by atoms with Gasteiger partial charge < -0.3 is 9.47 Å². The number of rotatable bonds is 5. The highest BCUT2D eigenvalue weighted by Gasteiger charge is 2.15. The Hall–Kier alpha value is -2.28. The Balaban J connectivity index is 2.02. The lowest BCUT2D eigenvalue weighted by atomic mass is 10.1. The first-order valence-electron chi connectivity index (χ1n) is 6.41. The van der Waals surface area contributed by atoms with Crippen LogP contribution in [0.5, 0.6) is 5.75 Å². The van der Waals surface area contributed by atoms with Crippen LogP contribution in [-0.2, 0) is 4.74 Å². The van der Waals surface area contributed by atoms with Gasteiger partial charge in [-0.1, -0.05) is 0 Å². The molecule has 0 amide bonds. The van der Waals surface area contributed by atoms with E-state index in [1.165, 1.54) is 19.2 Å². The molecule has 0 aliphatic heterocycles. The summed E-state index contributed by atoms with van der Waals surface area (Å²) in [5, 5.41) is 0. The summed E-state index contributed by atoms with van der Waals surface area (Å²) in [5.74, 6) is -3.00. The molecular formula is C16H11BrF2O4. The minimum Gasteiger partial charge on any atom is -0.496 e. The van der Waals surface area contributed by atoms with Gasteiger partial charge >= 0.3 is 5.97 Å². The van der Waals surface area contributed by atoms with Crippen molar-refractivity contribution in [3.8, 4) is 5.75 Å². The summed E-state index contributed by atoms with van der Waals surface area (Å²) in [7, 11) is 1.48. The molecule has 4 nitrogen and oxygen atoms in total. The molecule has 0 aliphatic rings. The highest BCUT2D eigenvalue weighted by molar-refractivity contribution is 9.10. The number of halogens is 3. The van der Waals surface area contributed by atoms with Crippen molar-refractivity contribution in [2.24, 2.45) is 0 Å². The fourth-order valence-electron chi connectivity index (χ4n) is 1.76. The topological polar surface area (TPSA) is 52.6 Å². The molecule has 0 saturated carbocycles. The van der Waals surface area contributed by atoms with Crippen molar-refractivity contribution in [2.75, 3.05) is 13.7 Å². The maximum atomic E-state index is 13.1. The Kier molecular flexibility index (Phi) is 5.44. The predicted octanol–water partition coefficient (Wildman–Crippen LogP) is 3.78. The Morgan fingerprint density at radius 3 is 2.35 bits per heavy atom. The van der Waals surface area contributed by atoms with Crippen LogP contribution in [0.25, 0.3) is 0 Å². The second-order valence-corrected chi connectivity index (χ2v) is 5.33. The number of carbonyl (C=O) groups is 2. The molecule has 7 heteroatoms. The van der Waals surface area contributed by atoms with Crippen molar-refractivity contribution < 1.29 is 27.8 Å². The third-order valence-corrected chi connectivity index (χ3v) is 3.58. The summed E-state index contributed by atoms with van der Waals surface area (Å²) in [4.78, 5) is 23.7. The van der Waals surface area contributed by atoms with E-state index < -0.39 is 30.0 Å². The zero-order chi connectivity index (χ0) is 17.0. The fraction of sp³-hybridized carbons (Fsp3) is 0.125. The summed E-state index contributed by atoms with van der Waals surface area (Å²) in [6.45, 7) is -0.576. The summed E-state index contributed by atoms with van der Waals surface area (Å²) in [6, 6.07) is 7.26. The third kappa shape index (κ3) is 4.13. The summed E-state index contributed by atoms with van der Waals surface area (Å²) in [6.07, 6.45) is 0. The lowest BCUT2D eigenvalue weighted by Crippen LogP contribution is -2.14. The number of hydrogen-bond donors (Lipinski definition) is 0. The van der Waals surface area contributed by atoms with E-state index in [1.807, 2.05) is 0 Å². The van der Waals surface area contributed by atoms with Crippen LogP contribution in [0.4, 0.5) is 8.78 Å². The van der Waals surface area contributed by atoms with Gasteiger partial charge in [-0.15, -0.1) is 0 Å². The number of esters is 1. The molecule has 0 radical (unpaired) electrons. The van der Waals surface area contributed by atoms with E-state index in [0.717, 1.165) is 18.2 Å². The van der Waals surface area contributed by atoms with Crippen LogP contribution >= 0.6 is 15.9 Å². The smallest absolute Gasteiger partial charge is 0.338 e. The molecule has 2 aromatic rings. The van der Waals surface area contributed by atoms with Crippen LogP contribution in [0.3, 0.4) is 0 Å². The molecule has 2 rings (SSSR count). The van der Waals surface area contributed by atoms with Crippen molar-refractivity contribution >= 4 is 27.7 Å². The van der Waals surface area contributed by atoms with Gasteiger partial charge in [0.05, 0.1) is 17.1 Å². The lowest BCUT2D eigenvalue weighted by molar-refractivity contribution is 0.0474. The van der Waals surface area contributed by atoms with Gasteiger partial charge in [0.15, 0.2) is 24.0 Å². The fourth-order valence-corrected chi connectivity index (χ4v) is 2.30. The zero-order valence-electron chi connectivity index (χ0n) is 11.9. The Labute approximate surface area is 139 Å². The third-order valence-electron chi connectivity index (χ3n) is 2.96. The van der Waals surface area contributed by atoms with Crippen LogP contribution in [0.2, 0.25) is 0 Å². The van der Waals surface area contributed by atoms with E-state index in [9.17, 15) is 18.4 Å². The number of ketones is 1. The molecule has 0 fully saturated rings. The largest absolute Gasteiger partial charge is 0.496 e. The maximum Gasteiger partial charge on any atom is 0.338 e. The van der Waals surface area contributed by atoms with Crippen LogP contribution in [0, 0.1) is 11.6 Å². The molecule has 0 bridgehead atoms. The van der Waals surface area contributed by atoms with Crippen molar-refractivity contribution in [3.63, 3.8) is 0 Å². The van der Waals surface area contributed by atoms with Crippen LogP contribution in [0.1, 0.15) is 20.7 Å². The average Bonchev–Trinajstić information content (AvgIpc) is 2.54. The van der Waals surface area contributed by atoms with Gasteiger partial charge in [0.1, 0.15) is 5.75 Å². The van der Waals surface area contributed by atoms with E-state index in [1.54, 1.807) is 6.07 Å². The molecule has 0 aromatic heterocycles. The molecule has 0 atom stereocenters. The normalized spacial score (nSPS) is 10.3. The molecule has 0 saturated heterocycles. The number of Topliss-reactive ketones (excluding diaryl/α,β-unsaturated/α-hetero) is 1. The quantitative estimate of drug-likeness (QED) is 0.581. The molecular weight excluding hydrogens is 374 g/mol. The van der Waals surface area contributed by atoms with Crippen molar-refractivity contribution in [1.82, 2.24) is 0 Å². The van der Waals surface area contributed by atoms with Gasteiger partial charge in [-0.3, -0.25) is 4.79 Å². The first-order chi connectivity index (χ1) is 10.9. The highest BCUT2D eigenvalue weighted by Crippen LogP contribution is 2.25.